The summed E-state index contributed by atoms with van der Waals surface area (Å²) in [5, 5.41) is 7.81. The fourth-order valence-electron chi connectivity index (χ4n) is 12.3. The first-order valence-corrected chi connectivity index (χ1v) is 28.1. The molecule has 410 valence electrons. The molecular weight excluding hydrogens is 1130 g/mol. The smallest absolute Gasteiger partial charge is 0.256 e. The molecule has 78 heavy (non-hydrogen) atoms. The molecule has 4 amide bonds. The minimum Gasteiger partial charge on any atom is -0.376 e. The third kappa shape index (κ3) is 15.3. The maximum Gasteiger partial charge on any atom is 0.256 e. The molecule has 0 spiro atoms. The second-order valence-corrected chi connectivity index (χ2v) is 23.2. The van der Waals surface area contributed by atoms with Crippen LogP contribution in [-0.2, 0) is 111 Å². The van der Waals surface area contributed by atoms with Crippen molar-refractivity contribution in [1.29, 1.82) is 0 Å². The van der Waals surface area contributed by atoms with Crippen molar-refractivity contribution in [3.8, 4) is 0 Å². The Kier molecular flexibility index (Phi) is 22.2. The molecule has 4 atom stereocenters. The first kappa shape index (κ1) is 61.6. The van der Waals surface area contributed by atoms with Gasteiger partial charge in [-0.15, -0.1) is 23.3 Å². The van der Waals surface area contributed by atoms with E-state index in [4.69, 9.17) is 9.47 Å². The maximum absolute atomic E-state index is 13.4. The van der Waals surface area contributed by atoms with Crippen LogP contribution in [0.4, 0.5) is 11.4 Å². The standard InChI is InChI=1S/2C32H40N3O3.2Y/c2*1-21-9-13-27(14-10-21)38-20-26-15-22(2)18-35(26)31(36)17-24-11-12-25(16-23(24)3)33-32(37)29-19-34(4)30-8-6-5-7-28(29)30;;/h2*5-8,11,16,19,21-22,26-27H,9-10,13-15,17-18,20H2,1-4H3,(H,33,37);;/q2*-1;;/t2*21?,22-,26-,27?;;/m00../s1. The number of benzene rings is 4. The van der Waals surface area contributed by atoms with Gasteiger partial charge in [0.05, 0.1) is 48.6 Å². The van der Waals surface area contributed by atoms with Gasteiger partial charge >= 0.3 is 0 Å². The summed E-state index contributed by atoms with van der Waals surface area (Å²) in [6, 6.07) is 29.9. The summed E-state index contributed by atoms with van der Waals surface area (Å²) in [5.41, 5.74) is 8.35. The van der Waals surface area contributed by atoms with Crippen LogP contribution < -0.4 is 10.6 Å². The number of hydrogen-bond donors (Lipinski definition) is 2. The molecule has 4 fully saturated rings. The zero-order valence-electron chi connectivity index (χ0n) is 47.4. The minimum atomic E-state index is -0.164. The Labute approximate surface area is 513 Å². The number of fused-ring (bicyclic) bond motifs is 2. The van der Waals surface area contributed by atoms with Crippen molar-refractivity contribution in [1.82, 2.24) is 18.9 Å². The molecule has 0 bridgehead atoms. The summed E-state index contributed by atoms with van der Waals surface area (Å²) in [4.78, 5) is 56.9. The van der Waals surface area contributed by atoms with E-state index in [1.165, 1.54) is 25.7 Å². The topological polar surface area (TPSA) is 127 Å². The molecule has 12 nitrogen and oxygen atoms in total. The molecule has 0 unspecified atom stereocenters. The van der Waals surface area contributed by atoms with Crippen molar-refractivity contribution in [2.45, 2.75) is 143 Å². The van der Waals surface area contributed by atoms with Crippen LogP contribution in [0.1, 0.15) is 135 Å². The van der Waals surface area contributed by atoms with Crippen molar-refractivity contribution in [2.75, 3.05) is 36.9 Å². The molecule has 2 aromatic heterocycles. The number of nitrogens with one attached hydrogen (secondary N) is 2. The first-order chi connectivity index (χ1) is 36.6. The van der Waals surface area contributed by atoms with E-state index in [0.717, 1.165) is 108 Å². The van der Waals surface area contributed by atoms with Crippen LogP contribution in [0, 0.1) is 49.7 Å². The van der Waals surface area contributed by atoms with E-state index in [-0.39, 0.29) is 101 Å². The molecule has 2 saturated carbocycles. The van der Waals surface area contributed by atoms with Crippen LogP contribution in [0.5, 0.6) is 0 Å². The Bertz CT molecular complexity index is 2820. The van der Waals surface area contributed by atoms with Crippen molar-refractivity contribution in [2.24, 2.45) is 37.8 Å². The number of para-hydroxylation sites is 2. The predicted molar refractivity (Wildman–Crippen MR) is 302 cm³/mol. The fraction of sp³-hybridized carbons (Fsp3) is 0.500. The summed E-state index contributed by atoms with van der Waals surface area (Å²) < 4.78 is 16.5. The first-order valence-electron chi connectivity index (χ1n) is 28.1. The van der Waals surface area contributed by atoms with E-state index in [1.54, 1.807) is 0 Å². The number of ether oxygens (including phenoxy) is 2. The summed E-state index contributed by atoms with van der Waals surface area (Å²) in [5.74, 6) is 2.53. The SMILES string of the molecule is Cc1cc(NC(=O)c2cn(C)c3ccccc23)[c-]cc1CC(=O)N1C[C@@H](C)C[C@H]1COC1CCC(C)CC1.Cc1cc(NC(=O)c2cn(C)c3ccccc23)[c-]cc1CC(=O)N1C[C@@H](C)C[C@H]1COC1CCC(C)CC1.[Y].[Y]. The van der Waals surface area contributed by atoms with Crippen molar-refractivity contribution < 1.29 is 94.1 Å². The van der Waals surface area contributed by atoms with Crippen molar-refractivity contribution in [3.63, 3.8) is 0 Å². The van der Waals surface area contributed by atoms with Gasteiger partial charge in [-0.1, -0.05) is 89.3 Å². The third-order valence-corrected chi connectivity index (χ3v) is 16.9. The number of aromatic nitrogens is 2. The normalized spacial score (nSPS) is 23.0. The Morgan fingerprint density at radius 1 is 0.551 bits per heavy atom. The van der Waals surface area contributed by atoms with Gasteiger partial charge in [-0.05, 0) is 100 Å². The van der Waals surface area contributed by atoms with Crippen LogP contribution in [0.25, 0.3) is 21.8 Å². The van der Waals surface area contributed by atoms with Gasteiger partial charge in [0.2, 0.25) is 11.8 Å². The fourth-order valence-corrected chi connectivity index (χ4v) is 12.3. The number of carbonyl (C=O) groups excluding carboxylic acids is 4. The summed E-state index contributed by atoms with van der Waals surface area (Å²) in [6.07, 6.45) is 16.6. The summed E-state index contributed by atoms with van der Waals surface area (Å²) >= 11 is 0. The van der Waals surface area contributed by atoms with Gasteiger partial charge in [0.15, 0.2) is 0 Å². The Morgan fingerprint density at radius 3 is 1.29 bits per heavy atom. The van der Waals surface area contributed by atoms with Crippen molar-refractivity contribution >= 4 is 56.8 Å². The molecule has 6 aromatic rings. The largest absolute Gasteiger partial charge is 0.376 e. The van der Waals surface area contributed by atoms with Crippen molar-refractivity contribution in [3.05, 3.63) is 131 Å². The number of rotatable bonds is 14. The van der Waals surface area contributed by atoms with E-state index >= 15 is 0 Å². The number of anilines is 2. The second kappa shape index (κ2) is 28.1. The molecule has 2 radical (unpaired) electrons. The van der Waals surface area contributed by atoms with Gasteiger partial charge < -0.3 is 39.0 Å². The summed E-state index contributed by atoms with van der Waals surface area (Å²) in [6.45, 7) is 15.9. The molecular formula is C64H80N6O6Y2-2. The molecule has 4 aliphatic rings. The monoisotopic (exact) mass is 1210 g/mol. The Balaban J connectivity index is 0.000000220. The van der Waals surface area contributed by atoms with Crippen LogP contribution in [0.15, 0.2) is 85.2 Å². The molecule has 14 heteroatoms. The van der Waals surface area contributed by atoms with E-state index in [9.17, 15) is 19.2 Å². The molecule has 2 aliphatic heterocycles. The number of nitrogens with zero attached hydrogens (tertiary/aromatic N) is 4. The number of hydrogen-bond acceptors (Lipinski definition) is 6. The van der Waals surface area contributed by atoms with Crippen LogP contribution in [0.2, 0.25) is 0 Å². The maximum atomic E-state index is 13.4. The Morgan fingerprint density at radius 2 is 0.923 bits per heavy atom. The molecule has 4 aromatic carbocycles. The van der Waals surface area contributed by atoms with Gasteiger partial charge in [-0.3, -0.25) is 19.2 Å². The average Bonchev–Trinajstić information content (AvgIpc) is 4.17. The predicted octanol–water partition coefficient (Wildman–Crippen LogP) is 11.8. The van der Waals surface area contributed by atoms with Gasteiger partial charge in [0, 0.05) is 140 Å². The Hall–Kier alpha value is -4.03. The van der Waals surface area contributed by atoms with E-state index in [2.05, 4.69) is 50.5 Å². The van der Waals surface area contributed by atoms with Crippen LogP contribution in [0.3, 0.4) is 0 Å². The molecule has 4 heterocycles. The second-order valence-electron chi connectivity index (χ2n) is 23.2. The number of aryl methyl sites for hydroxylation is 4. The molecule has 2 N–H and O–H groups in total. The quantitative estimate of drug-likeness (QED) is 0.105. The number of amides is 4. The van der Waals surface area contributed by atoms with Gasteiger partial charge in [0.25, 0.3) is 11.8 Å². The van der Waals surface area contributed by atoms with Gasteiger partial charge in [0.1, 0.15) is 0 Å². The van der Waals surface area contributed by atoms with E-state index in [1.807, 2.05) is 132 Å². The summed E-state index contributed by atoms with van der Waals surface area (Å²) in [7, 11) is 3.88. The van der Waals surface area contributed by atoms with Gasteiger partial charge in [-0.2, -0.15) is 35.4 Å². The zero-order chi connectivity index (χ0) is 53.6. The van der Waals surface area contributed by atoms with Crippen LogP contribution in [-0.4, -0.2) is 93.2 Å². The number of carbonyl (C=O) groups is 4. The number of likely N-dealkylation sites (tertiary alicyclic amines) is 2. The minimum absolute atomic E-state index is 0. The third-order valence-electron chi connectivity index (χ3n) is 16.9. The van der Waals surface area contributed by atoms with E-state index < -0.39 is 0 Å². The molecule has 10 rings (SSSR count). The molecule has 2 aliphatic carbocycles. The van der Waals surface area contributed by atoms with E-state index in [0.29, 0.717) is 72.6 Å². The zero-order valence-corrected chi connectivity index (χ0v) is 53.1. The van der Waals surface area contributed by atoms with Crippen LogP contribution >= 0.6 is 0 Å². The van der Waals surface area contributed by atoms with Gasteiger partial charge in [-0.25, -0.2) is 0 Å². The average molecular weight is 1210 g/mol. The molecule has 2 saturated heterocycles.